The highest BCUT2D eigenvalue weighted by Crippen LogP contribution is 2.33. The van der Waals surface area contributed by atoms with Crippen LogP contribution < -0.4 is 10.2 Å². The van der Waals surface area contributed by atoms with Crippen molar-refractivity contribution < 1.29 is 4.79 Å². The summed E-state index contributed by atoms with van der Waals surface area (Å²) >= 11 is 1.33. The first-order valence-corrected chi connectivity index (χ1v) is 9.28. The van der Waals surface area contributed by atoms with E-state index in [9.17, 15) is 4.79 Å². The standard InChI is InChI=1S/C21H20N4OS/c1-13-5-10-17(11-14(13)2)23-21-24-20(25(3)4)19(27-21)18(26)16-8-6-15(12-22)7-9-16/h5-11H,1-4H3,(H,23,24). The lowest BCUT2D eigenvalue weighted by Gasteiger charge is -2.10. The monoisotopic (exact) mass is 376 g/mol. The van der Waals surface area contributed by atoms with Crippen molar-refractivity contribution in [3.05, 3.63) is 69.6 Å². The average Bonchev–Trinajstić information content (AvgIpc) is 3.08. The minimum atomic E-state index is -0.103. The highest BCUT2D eigenvalue weighted by molar-refractivity contribution is 7.18. The molecule has 0 atom stereocenters. The molecule has 0 radical (unpaired) electrons. The Bertz CT molecular complexity index is 1030. The Balaban J connectivity index is 1.93. The van der Waals surface area contributed by atoms with E-state index < -0.39 is 0 Å². The van der Waals surface area contributed by atoms with E-state index in [1.807, 2.05) is 25.1 Å². The summed E-state index contributed by atoms with van der Waals surface area (Å²) in [4.78, 5) is 20.0. The van der Waals surface area contributed by atoms with Gasteiger partial charge in [-0.1, -0.05) is 17.4 Å². The van der Waals surface area contributed by atoms with Crippen molar-refractivity contribution >= 4 is 33.8 Å². The molecule has 0 bridgehead atoms. The van der Waals surface area contributed by atoms with Crippen molar-refractivity contribution in [2.24, 2.45) is 0 Å². The highest BCUT2D eigenvalue weighted by Gasteiger charge is 2.21. The molecular formula is C21H20N4OS. The van der Waals surface area contributed by atoms with Gasteiger partial charge in [0.25, 0.3) is 0 Å². The molecule has 0 amide bonds. The largest absolute Gasteiger partial charge is 0.361 e. The first-order valence-electron chi connectivity index (χ1n) is 8.46. The molecular weight excluding hydrogens is 356 g/mol. The third kappa shape index (κ3) is 3.99. The van der Waals surface area contributed by atoms with Crippen LogP contribution in [-0.2, 0) is 0 Å². The molecule has 1 heterocycles. The number of aromatic nitrogens is 1. The number of nitriles is 1. The second kappa shape index (κ2) is 7.60. The Kier molecular flexibility index (Phi) is 5.24. The highest BCUT2D eigenvalue weighted by atomic mass is 32.1. The maximum atomic E-state index is 13.0. The van der Waals surface area contributed by atoms with E-state index >= 15 is 0 Å². The van der Waals surface area contributed by atoms with E-state index in [0.29, 0.717) is 27.0 Å². The number of hydrogen-bond donors (Lipinski definition) is 1. The molecule has 0 spiro atoms. The summed E-state index contributed by atoms with van der Waals surface area (Å²) in [6.45, 7) is 4.13. The summed E-state index contributed by atoms with van der Waals surface area (Å²) in [5.41, 5.74) is 4.43. The van der Waals surface area contributed by atoms with Gasteiger partial charge in [0.05, 0.1) is 11.6 Å². The van der Waals surface area contributed by atoms with Gasteiger partial charge in [-0.05, 0) is 61.4 Å². The Morgan fingerprint density at radius 1 is 1.11 bits per heavy atom. The summed E-state index contributed by atoms with van der Waals surface area (Å²) in [5.74, 6) is 0.523. The first kappa shape index (κ1) is 18.6. The Morgan fingerprint density at radius 2 is 1.81 bits per heavy atom. The molecule has 5 nitrogen and oxygen atoms in total. The van der Waals surface area contributed by atoms with Crippen LogP contribution in [0.1, 0.15) is 31.9 Å². The van der Waals surface area contributed by atoms with Gasteiger partial charge in [-0.2, -0.15) is 5.26 Å². The lowest BCUT2D eigenvalue weighted by Crippen LogP contribution is -2.13. The van der Waals surface area contributed by atoms with Crippen molar-refractivity contribution in [3.63, 3.8) is 0 Å². The van der Waals surface area contributed by atoms with Gasteiger partial charge in [0.15, 0.2) is 10.9 Å². The molecule has 0 saturated carbocycles. The number of carbonyl (C=O) groups excluding carboxylic acids is 1. The van der Waals surface area contributed by atoms with Crippen LogP contribution in [0, 0.1) is 25.2 Å². The van der Waals surface area contributed by atoms with Crippen molar-refractivity contribution in [1.29, 1.82) is 5.26 Å². The van der Waals surface area contributed by atoms with Crippen LogP contribution in [0.4, 0.5) is 16.6 Å². The van der Waals surface area contributed by atoms with Crippen molar-refractivity contribution in [3.8, 4) is 6.07 Å². The maximum absolute atomic E-state index is 13.0. The number of carbonyl (C=O) groups is 1. The predicted molar refractivity (Wildman–Crippen MR) is 110 cm³/mol. The maximum Gasteiger partial charge on any atom is 0.206 e. The Hall–Kier alpha value is -3.17. The summed E-state index contributed by atoms with van der Waals surface area (Å²) in [5, 5.41) is 12.9. The van der Waals surface area contributed by atoms with E-state index in [4.69, 9.17) is 5.26 Å². The summed E-state index contributed by atoms with van der Waals surface area (Å²) in [6, 6.07) is 14.8. The minimum Gasteiger partial charge on any atom is -0.361 e. The minimum absolute atomic E-state index is 0.103. The Labute approximate surface area is 162 Å². The third-order valence-corrected chi connectivity index (χ3v) is 5.23. The van der Waals surface area contributed by atoms with Crippen molar-refractivity contribution in [2.75, 3.05) is 24.3 Å². The number of nitrogens with one attached hydrogen (secondary N) is 1. The molecule has 6 heteroatoms. The molecule has 3 rings (SSSR count). The number of nitrogens with zero attached hydrogens (tertiary/aromatic N) is 3. The van der Waals surface area contributed by atoms with E-state index in [2.05, 4.69) is 42.4 Å². The molecule has 0 fully saturated rings. The summed E-state index contributed by atoms with van der Waals surface area (Å²) in [6.07, 6.45) is 0. The van der Waals surface area contributed by atoms with Crippen LogP contribution in [-0.4, -0.2) is 24.9 Å². The van der Waals surface area contributed by atoms with E-state index in [1.165, 1.54) is 22.5 Å². The lowest BCUT2D eigenvalue weighted by atomic mass is 10.1. The van der Waals surface area contributed by atoms with Gasteiger partial charge >= 0.3 is 0 Å². The molecule has 1 aromatic heterocycles. The van der Waals surface area contributed by atoms with Gasteiger partial charge < -0.3 is 10.2 Å². The number of anilines is 3. The number of rotatable bonds is 5. The smallest absolute Gasteiger partial charge is 0.206 e. The van der Waals surface area contributed by atoms with Crippen LogP contribution in [0.2, 0.25) is 0 Å². The van der Waals surface area contributed by atoms with E-state index in [-0.39, 0.29) is 5.78 Å². The molecule has 0 unspecified atom stereocenters. The summed E-state index contributed by atoms with van der Waals surface area (Å²) < 4.78 is 0. The van der Waals surface area contributed by atoms with Gasteiger partial charge in [-0.3, -0.25) is 4.79 Å². The SMILES string of the molecule is Cc1ccc(Nc2nc(N(C)C)c(C(=O)c3ccc(C#N)cc3)s2)cc1C. The first-order chi connectivity index (χ1) is 12.9. The van der Waals surface area contributed by atoms with Gasteiger partial charge in [-0.15, -0.1) is 0 Å². The zero-order valence-corrected chi connectivity index (χ0v) is 16.5. The fourth-order valence-corrected chi connectivity index (χ4v) is 3.61. The third-order valence-electron chi connectivity index (χ3n) is 4.27. The average molecular weight is 376 g/mol. The number of benzene rings is 2. The number of aryl methyl sites for hydroxylation is 2. The number of ketones is 1. The number of thiazole rings is 1. The van der Waals surface area contributed by atoms with Crippen molar-refractivity contribution in [1.82, 2.24) is 4.98 Å². The van der Waals surface area contributed by atoms with Crippen LogP contribution in [0.15, 0.2) is 42.5 Å². The molecule has 136 valence electrons. The second-order valence-corrected chi connectivity index (χ2v) is 7.51. The molecule has 0 saturated heterocycles. The van der Waals surface area contributed by atoms with Gasteiger partial charge in [0.2, 0.25) is 5.78 Å². The normalized spacial score (nSPS) is 10.3. The lowest BCUT2D eigenvalue weighted by molar-refractivity contribution is 0.104. The van der Waals surface area contributed by atoms with Crippen LogP contribution in [0.3, 0.4) is 0 Å². The molecule has 27 heavy (non-hydrogen) atoms. The second-order valence-electron chi connectivity index (χ2n) is 6.51. The molecule has 1 N–H and O–H groups in total. The van der Waals surface area contributed by atoms with Gasteiger partial charge in [0, 0.05) is 25.3 Å². The summed E-state index contributed by atoms with van der Waals surface area (Å²) in [7, 11) is 3.73. The van der Waals surface area contributed by atoms with Crippen LogP contribution in [0.5, 0.6) is 0 Å². The Morgan fingerprint density at radius 3 is 2.41 bits per heavy atom. The molecule has 0 aliphatic carbocycles. The van der Waals surface area contributed by atoms with Crippen molar-refractivity contribution in [2.45, 2.75) is 13.8 Å². The predicted octanol–water partition coefficient (Wildman–Crippen LogP) is 4.67. The fourth-order valence-electron chi connectivity index (χ4n) is 2.59. The van der Waals surface area contributed by atoms with Gasteiger partial charge in [-0.25, -0.2) is 4.98 Å². The van der Waals surface area contributed by atoms with E-state index in [1.54, 1.807) is 24.3 Å². The molecule has 2 aromatic carbocycles. The molecule has 0 aliphatic heterocycles. The number of hydrogen-bond acceptors (Lipinski definition) is 6. The quantitative estimate of drug-likeness (QED) is 0.655. The topological polar surface area (TPSA) is 69.0 Å². The van der Waals surface area contributed by atoms with Crippen LogP contribution in [0.25, 0.3) is 0 Å². The zero-order chi connectivity index (χ0) is 19.6. The fraction of sp³-hybridized carbons (Fsp3) is 0.190. The van der Waals surface area contributed by atoms with Gasteiger partial charge in [0.1, 0.15) is 4.88 Å². The van der Waals surface area contributed by atoms with Crippen LogP contribution >= 0.6 is 11.3 Å². The molecule has 3 aromatic rings. The zero-order valence-electron chi connectivity index (χ0n) is 15.7. The molecule has 0 aliphatic rings. The van der Waals surface area contributed by atoms with E-state index in [0.717, 1.165) is 5.69 Å².